The zero-order valence-electron chi connectivity index (χ0n) is 18.7. The average Bonchev–Trinajstić information content (AvgIpc) is 3.52. The van der Waals surface area contributed by atoms with Crippen LogP contribution < -0.4 is 10.2 Å². The molecule has 0 spiro atoms. The molecular weight excluding hydrogens is 458 g/mol. The molecule has 0 saturated carbocycles. The van der Waals surface area contributed by atoms with Gasteiger partial charge >= 0.3 is 6.09 Å². The van der Waals surface area contributed by atoms with Crippen LogP contribution in [0.5, 0.6) is 0 Å². The number of ether oxygens (including phenoxy) is 1. The maximum atomic E-state index is 13.2. The van der Waals surface area contributed by atoms with Crippen molar-refractivity contribution in [3.63, 3.8) is 0 Å². The van der Waals surface area contributed by atoms with Gasteiger partial charge in [-0.2, -0.15) is 0 Å². The average molecular weight is 484 g/mol. The fourth-order valence-electron chi connectivity index (χ4n) is 3.17. The molecule has 0 aliphatic rings. The van der Waals surface area contributed by atoms with Crippen LogP contribution in [0, 0.1) is 0 Å². The Morgan fingerprint density at radius 1 is 1.15 bits per heavy atom. The van der Waals surface area contributed by atoms with Gasteiger partial charge in [0.25, 0.3) is 5.91 Å². The lowest BCUT2D eigenvalue weighted by atomic mass is 10.2. The molecule has 0 atom stereocenters. The highest BCUT2D eigenvalue weighted by Crippen LogP contribution is 2.32. The van der Waals surface area contributed by atoms with Crippen LogP contribution in [0.3, 0.4) is 0 Å². The van der Waals surface area contributed by atoms with Gasteiger partial charge in [0.1, 0.15) is 16.9 Å². The zero-order chi connectivity index (χ0) is 23.4. The molecule has 0 aliphatic heterocycles. The van der Waals surface area contributed by atoms with Crippen molar-refractivity contribution < 1.29 is 18.7 Å². The summed E-state index contributed by atoms with van der Waals surface area (Å²) in [5, 5.41) is 8.08. The number of fused-ring (bicyclic) bond motifs is 1. The Kier molecular flexibility index (Phi) is 6.80. The fraction of sp³-hybridized carbons (Fsp3) is 0.292. The van der Waals surface area contributed by atoms with Crippen LogP contribution in [-0.4, -0.2) is 35.7 Å². The molecule has 1 aromatic carbocycles. The smallest absolute Gasteiger partial charge is 0.407 e. The third-order valence-electron chi connectivity index (χ3n) is 4.60. The van der Waals surface area contributed by atoms with E-state index in [0.29, 0.717) is 41.0 Å². The molecular formula is C24H25N3O4S2. The third-order valence-corrected chi connectivity index (χ3v) is 6.33. The number of furan rings is 1. The number of carbonyl (C=O) groups excluding carboxylic acids is 2. The number of anilines is 1. The molecule has 0 bridgehead atoms. The van der Waals surface area contributed by atoms with E-state index >= 15 is 0 Å². The largest absolute Gasteiger partial charge is 0.454 e. The van der Waals surface area contributed by atoms with Crippen LogP contribution in [0.4, 0.5) is 9.93 Å². The summed E-state index contributed by atoms with van der Waals surface area (Å²) >= 11 is 2.77. The molecule has 9 heteroatoms. The van der Waals surface area contributed by atoms with Gasteiger partial charge in [-0.3, -0.25) is 9.69 Å². The van der Waals surface area contributed by atoms with Gasteiger partial charge in [-0.05, 0) is 50.8 Å². The molecule has 7 nitrogen and oxygen atoms in total. The van der Waals surface area contributed by atoms with E-state index in [9.17, 15) is 9.59 Å². The first-order chi connectivity index (χ1) is 15.8. The van der Waals surface area contributed by atoms with E-state index in [1.807, 2.05) is 67.9 Å². The van der Waals surface area contributed by atoms with Gasteiger partial charge in [0.2, 0.25) is 0 Å². The maximum absolute atomic E-state index is 13.2. The van der Waals surface area contributed by atoms with Crippen molar-refractivity contribution in [2.45, 2.75) is 32.8 Å². The Bertz CT molecular complexity index is 1210. The summed E-state index contributed by atoms with van der Waals surface area (Å²) < 4.78 is 11.2. The predicted molar refractivity (Wildman–Crippen MR) is 132 cm³/mol. The van der Waals surface area contributed by atoms with Crippen LogP contribution in [-0.2, 0) is 4.74 Å². The van der Waals surface area contributed by atoms with E-state index in [-0.39, 0.29) is 5.91 Å². The number of nitrogens with zero attached hydrogens (tertiary/aromatic N) is 2. The van der Waals surface area contributed by atoms with Crippen LogP contribution in [0.2, 0.25) is 0 Å². The summed E-state index contributed by atoms with van der Waals surface area (Å²) in [6, 6.07) is 13.4. The molecule has 2 amide bonds. The third kappa shape index (κ3) is 5.80. The highest BCUT2D eigenvalue weighted by Gasteiger charge is 2.23. The van der Waals surface area contributed by atoms with E-state index in [0.717, 1.165) is 11.0 Å². The van der Waals surface area contributed by atoms with Crippen molar-refractivity contribution in [3.05, 3.63) is 58.1 Å². The minimum Gasteiger partial charge on any atom is -0.454 e. The number of para-hydroxylation sites is 1. The van der Waals surface area contributed by atoms with Gasteiger partial charge in [-0.15, -0.1) is 22.7 Å². The Morgan fingerprint density at radius 2 is 1.97 bits per heavy atom. The monoisotopic (exact) mass is 483 g/mol. The van der Waals surface area contributed by atoms with Crippen molar-refractivity contribution in [2.75, 3.05) is 18.0 Å². The normalized spacial score (nSPS) is 11.5. The first-order valence-electron chi connectivity index (χ1n) is 10.6. The minimum absolute atomic E-state index is 0.118. The number of benzene rings is 1. The second-order valence-electron chi connectivity index (χ2n) is 8.38. The summed E-state index contributed by atoms with van der Waals surface area (Å²) in [6.45, 7) is 6.23. The quantitative estimate of drug-likeness (QED) is 0.317. The van der Waals surface area contributed by atoms with Gasteiger partial charge in [0.05, 0.1) is 4.88 Å². The predicted octanol–water partition coefficient (Wildman–Crippen LogP) is 6.18. The van der Waals surface area contributed by atoms with Gasteiger partial charge in [-0.25, -0.2) is 9.78 Å². The number of nitrogens with one attached hydrogen (secondary N) is 1. The van der Waals surface area contributed by atoms with Gasteiger partial charge < -0.3 is 14.5 Å². The summed E-state index contributed by atoms with van der Waals surface area (Å²) in [5.41, 5.74) is 0.919. The molecule has 172 valence electrons. The highest BCUT2D eigenvalue weighted by molar-refractivity contribution is 7.14. The number of alkyl carbamates (subject to hydrolysis) is 1. The molecule has 0 radical (unpaired) electrons. The molecule has 0 aliphatic carbocycles. The van der Waals surface area contributed by atoms with E-state index in [1.54, 1.807) is 11.0 Å². The summed E-state index contributed by atoms with van der Waals surface area (Å²) in [4.78, 5) is 32.1. The molecule has 0 fully saturated rings. The maximum Gasteiger partial charge on any atom is 0.407 e. The Labute approximate surface area is 200 Å². The Morgan fingerprint density at radius 3 is 2.70 bits per heavy atom. The molecule has 1 N–H and O–H groups in total. The van der Waals surface area contributed by atoms with Crippen LogP contribution in [0.15, 0.2) is 57.6 Å². The van der Waals surface area contributed by atoms with Crippen molar-refractivity contribution in [3.8, 4) is 11.5 Å². The first kappa shape index (κ1) is 23.0. The second kappa shape index (κ2) is 9.76. The number of amides is 2. The standard InChI is InChI=1S/C24H25N3O4S2/c1-24(2,3)31-23(29)25-11-7-12-27(21(28)20-10-6-13-32-20)22-26-17(15-33-22)19-14-16-8-4-5-9-18(16)30-19/h4-6,8-10,13-15H,7,11-12H2,1-3H3,(H,25,29). The van der Waals surface area contributed by atoms with E-state index in [1.165, 1.54) is 22.7 Å². The lowest BCUT2D eigenvalue weighted by molar-refractivity contribution is 0.0527. The summed E-state index contributed by atoms with van der Waals surface area (Å²) in [7, 11) is 0. The minimum atomic E-state index is -0.556. The number of thiophene rings is 1. The summed E-state index contributed by atoms with van der Waals surface area (Å²) in [5.74, 6) is 0.543. The SMILES string of the molecule is CC(C)(C)OC(=O)NCCCN(C(=O)c1cccs1)c1nc(-c2cc3ccccc3o2)cs1. The molecule has 0 saturated heterocycles. The van der Waals surface area contributed by atoms with Crippen molar-refractivity contribution >= 4 is 50.8 Å². The number of rotatable bonds is 7. The van der Waals surface area contributed by atoms with Crippen LogP contribution in [0.1, 0.15) is 36.9 Å². The number of carbonyl (C=O) groups is 2. The number of hydrogen-bond acceptors (Lipinski definition) is 7. The molecule has 0 unspecified atom stereocenters. The number of aromatic nitrogens is 1. The lowest BCUT2D eigenvalue weighted by Gasteiger charge is -2.21. The highest BCUT2D eigenvalue weighted by atomic mass is 32.1. The molecule has 4 rings (SSSR count). The van der Waals surface area contributed by atoms with E-state index < -0.39 is 11.7 Å². The Balaban J connectivity index is 1.48. The zero-order valence-corrected chi connectivity index (χ0v) is 20.3. The van der Waals surface area contributed by atoms with Gasteiger partial charge in [-0.1, -0.05) is 24.3 Å². The molecule has 3 aromatic heterocycles. The molecule has 33 heavy (non-hydrogen) atoms. The lowest BCUT2D eigenvalue weighted by Crippen LogP contribution is -2.36. The van der Waals surface area contributed by atoms with E-state index in [2.05, 4.69) is 5.32 Å². The Hall–Kier alpha value is -3.17. The van der Waals surface area contributed by atoms with E-state index in [4.69, 9.17) is 14.1 Å². The van der Waals surface area contributed by atoms with Gasteiger partial charge in [0, 0.05) is 23.9 Å². The van der Waals surface area contributed by atoms with Crippen LogP contribution >= 0.6 is 22.7 Å². The summed E-state index contributed by atoms with van der Waals surface area (Å²) in [6.07, 6.45) is 0.0793. The van der Waals surface area contributed by atoms with Crippen LogP contribution in [0.25, 0.3) is 22.4 Å². The molecule has 3 heterocycles. The second-order valence-corrected chi connectivity index (χ2v) is 10.2. The number of thiazole rings is 1. The van der Waals surface area contributed by atoms with Gasteiger partial charge in [0.15, 0.2) is 10.9 Å². The first-order valence-corrected chi connectivity index (χ1v) is 12.3. The number of hydrogen-bond donors (Lipinski definition) is 1. The van der Waals surface area contributed by atoms with Crippen molar-refractivity contribution in [1.82, 2.24) is 10.3 Å². The molecule has 4 aromatic rings. The topological polar surface area (TPSA) is 84.7 Å². The van der Waals surface area contributed by atoms with Crippen molar-refractivity contribution in [1.29, 1.82) is 0 Å². The van der Waals surface area contributed by atoms with Crippen molar-refractivity contribution in [2.24, 2.45) is 0 Å². The fourth-order valence-corrected chi connectivity index (χ4v) is 4.68.